The number of carbonyl (C=O) groups excluding carboxylic acids is 2. The number of hydrogen-bond acceptors (Lipinski definition) is 10. The van der Waals surface area contributed by atoms with E-state index in [1.54, 1.807) is 49.4 Å². The molecule has 0 radical (unpaired) electrons. The molecule has 0 bridgehead atoms. The molecule has 234 valence electrons. The van der Waals surface area contributed by atoms with Gasteiger partial charge >= 0.3 is 12.0 Å². The molecule has 1 aliphatic heterocycles. The van der Waals surface area contributed by atoms with Gasteiger partial charge in [0.1, 0.15) is 19.0 Å². The summed E-state index contributed by atoms with van der Waals surface area (Å²) in [7, 11) is 1.27. The highest BCUT2D eigenvalue weighted by atomic mass is 79.9. The molecule has 0 unspecified atom stereocenters. The van der Waals surface area contributed by atoms with Crippen molar-refractivity contribution in [3.05, 3.63) is 98.7 Å². The maximum Gasteiger partial charge on any atom is 0.337 e. The lowest BCUT2D eigenvalue weighted by Gasteiger charge is -2.28. The van der Waals surface area contributed by atoms with Gasteiger partial charge in [-0.25, -0.2) is 9.59 Å². The van der Waals surface area contributed by atoms with Crippen molar-refractivity contribution >= 4 is 34.1 Å². The highest BCUT2D eigenvalue weighted by Gasteiger charge is 2.32. The first kappa shape index (κ1) is 32.8. The Labute approximate surface area is 268 Å². The maximum atomic E-state index is 12.4. The number of nitrogens with zero attached hydrogens (tertiary/aromatic N) is 2. The molecule has 3 aromatic carbocycles. The van der Waals surface area contributed by atoms with Crippen molar-refractivity contribution in [2.75, 3.05) is 20.3 Å². The second kappa shape index (κ2) is 15.6. The summed E-state index contributed by atoms with van der Waals surface area (Å²) in [5.41, 5.74) is 5.94. The van der Waals surface area contributed by atoms with Gasteiger partial charge in [0, 0.05) is 11.3 Å². The summed E-state index contributed by atoms with van der Waals surface area (Å²) >= 11 is 3.50. The summed E-state index contributed by atoms with van der Waals surface area (Å²) in [5, 5.41) is 29.1. The first-order chi connectivity index (χ1) is 21.7. The van der Waals surface area contributed by atoms with Gasteiger partial charge in [0.05, 0.1) is 47.7 Å². The zero-order valence-electron chi connectivity index (χ0n) is 24.8. The van der Waals surface area contributed by atoms with Crippen LogP contribution in [0.4, 0.5) is 4.79 Å². The topological polar surface area (TPSA) is 164 Å². The van der Waals surface area contributed by atoms with Crippen LogP contribution in [0.2, 0.25) is 0 Å². The van der Waals surface area contributed by atoms with Crippen LogP contribution in [0.25, 0.3) is 0 Å². The summed E-state index contributed by atoms with van der Waals surface area (Å²) in [6.07, 6.45) is 0.382. The molecule has 0 aliphatic carbocycles. The van der Waals surface area contributed by atoms with Gasteiger partial charge < -0.3 is 34.7 Å². The third-order valence-corrected chi connectivity index (χ3v) is 7.21. The maximum absolute atomic E-state index is 12.4. The van der Waals surface area contributed by atoms with Crippen LogP contribution in [-0.2, 0) is 16.1 Å². The number of ether oxygens (including phenoxy) is 4. The van der Waals surface area contributed by atoms with Crippen molar-refractivity contribution in [1.29, 1.82) is 5.26 Å². The minimum absolute atomic E-state index is 0.159. The number of nitriles is 1. The van der Waals surface area contributed by atoms with Crippen molar-refractivity contribution < 1.29 is 33.6 Å². The lowest BCUT2D eigenvalue weighted by molar-refractivity contribution is -0.136. The molecule has 0 spiro atoms. The van der Waals surface area contributed by atoms with Crippen molar-refractivity contribution in [2.45, 2.75) is 32.7 Å². The number of benzene rings is 3. The number of allylic oxidation sites excluding steroid dienone is 1. The van der Waals surface area contributed by atoms with Crippen LogP contribution in [0.3, 0.4) is 0 Å². The number of rotatable bonds is 13. The predicted molar refractivity (Wildman–Crippen MR) is 169 cm³/mol. The summed E-state index contributed by atoms with van der Waals surface area (Å²) in [6.45, 7) is 3.85. The Bertz CT molecular complexity index is 1650. The van der Waals surface area contributed by atoms with Gasteiger partial charge in [0.2, 0.25) is 0 Å². The molecule has 0 saturated carbocycles. The molecule has 1 heterocycles. The van der Waals surface area contributed by atoms with Crippen LogP contribution in [0, 0.1) is 11.3 Å². The molecule has 3 aromatic rings. The number of nitrogens with one attached hydrogen (secondary N) is 3. The van der Waals surface area contributed by atoms with Crippen molar-refractivity contribution in [3.63, 3.8) is 0 Å². The molecule has 4 rings (SSSR count). The number of hydrogen-bond donors (Lipinski definition) is 4. The summed E-state index contributed by atoms with van der Waals surface area (Å²) in [5.74, 6) is 0.743. The molecular weight excluding hydrogens is 646 g/mol. The van der Waals surface area contributed by atoms with Crippen molar-refractivity contribution in [3.8, 4) is 23.3 Å². The molecule has 13 heteroatoms. The lowest BCUT2D eigenvalue weighted by Crippen LogP contribution is -2.45. The van der Waals surface area contributed by atoms with Crippen LogP contribution in [0.1, 0.15) is 42.1 Å². The number of urea groups is 1. The Balaban J connectivity index is 1.35. The molecule has 2 amide bonds. The Morgan fingerprint density at radius 2 is 1.91 bits per heavy atom. The lowest BCUT2D eigenvalue weighted by atomic mass is 9.95. The first-order valence-electron chi connectivity index (χ1n) is 13.9. The first-order valence-corrected chi connectivity index (χ1v) is 14.7. The number of methoxy groups -OCH3 is 1. The smallest absolute Gasteiger partial charge is 0.337 e. The van der Waals surface area contributed by atoms with E-state index in [0.29, 0.717) is 45.2 Å². The molecule has 0 saturated heterocycles. The van der Waals surface area contributed by atoms with E-state index < -0.39 is 24.3 Å². The Morgan fingerprint density at radius 1 is 1.13 bits per heavy atom. The van der Waals surface area contributed by atoms with Gasteiger partial charge in [-0.15, -0.1) is 0 Å². The number of aliphatic hydroxyl groups excluding tert-OH is 1. The number of halogens is 1. The second-order valence-electron chi connectivity index (χ2n) is 9.66. The molecule has 12 nitrogen and oxygen atoms in total. The highest BCUT2D eigenvalue weighted by molar-refractivity contribution is 9.10. The van der Waals surface area contributed by atoms with E-state index in [9.17, 15) is 20.0 Å². The number of amides is 2. The average Bonchev–Trinajstić information content (AvgIpc) is 3.03. The van der Waals surface area contributed by atoms with Crippen LogP contribution in [-0.4, -0.2) is 49.9 Å². The van der Waals surface area contributed by atoms with Gasteiger partial charge in [0.15, 0.2) is 17.7 Å². The van der Waals surface area contributed by atoms with Gasteiger partial charge in [-0.05, 0) is 77.3 Å². The number of esters is 1. The van der Waals surface area contributed by atoms with Crippen LogP contribution >= 0.6 is 15.9 Å². The highest BCUT2D eigenvalue weighted by Crippen LogP contribution is 2.35. The quantitative estimate of drug-likeness (QED) is 0.0887. The summed E-state index contributed by atoms with van der Waals surface area (Å²) in [4.78, 5) is 24.6. The molecule has 0 fully saturated rings. The molecule has 45 heavy (non-hydrogen) atoms. The van der Waals surface area contributed by atoms with E-state index >= 15 is 0 Å². The van der Waals surface area contributed by atoms with Gasteiger partial charge in [0.25, 0.3) is 0 Å². The van der Waals surface area contributed by atoms with Crippen molar-refractivity contribution in [2.24, 2.45) is 5.10 Å². The van der Waals surface area contributed by atoms with Gasteiger partial charge in [-0.1, -0.05) is 24.3 Å². The van der Waals surface area contributed by atoms with Crippen LogP contribution in [0.5, 0.6) is 17.2 Å². The third kappa shape index (κ3) is 8.53. The molecular formula is C32H32BrN5O7. The van der Waals surface area contributed by atoms with E-state index in [-0.39, 0.29) is 18.8 Å². The second-order valence-corrected chi connectivity index (χ2v) is 10.5. The number of aliphatic hydroxyl groups is 1. The Hall–Kier alpha value is -5.06. The fourth-order valence-corrected chi connectivity index (χ4v) is 4.96. The number of hydrazone groups is 1. The molecule has 4 N–H and O–H groups in total. The monoisotopic (exact) mass is 677 g/mol. The predicted octanol–water partition coefficient (Wildman–Crippen LogP) is 4.42. The molecule has 1 aliphatic rings. The van der Waals surface area contributed by atoms with Crippen molar-refractivity contribution in [1.82, 2.24) is 16.1 Å². The zero-order valence-corrected chi connectivity index (χ0v) is 26.4. The largest absolute Gasteiger partial charge is 0.490 e. The van der Waals surface area contributed by atoms with E-state index in [0.717, 1.165) is 11.1 Å². The fourth-order valence-electron chi connectivity index (χ4n) is 4.45. The molecule has 2 atom stereocenters. The minimum atomic E-state index is -1.15. The van der Waals surface area contributed by atoms with Gasteiger partial charge in [-0.2, -0.15) is 10.4 Å². The zero-order chi connectivity index (χ0) is 32.3. The standard InChI is InChI=1S/C32H32BrN5O7/c1-4-43-27-14-21(30-29(31(40)42-3)19(2)36-32(41)37-30)10-12-26(27)45-18-28(39)38-35-16-20-9-11-25(24(33)13-20)44-17-23-8-6-5-7-22(23)15-34/h5-14,16,28,30,38-39H,4,17-18H2,1-3H3,(H2,36,37,41)/b35-16-/t28-,30+/m1/s1. The average molecular weight is 679 g/mol. The minimum Gasteiger partial charge on any atom is -0.490 e. The summed E-state index contributed by atoms with van der Waals surface area (Å²) in [6, 6.07) is 18.6. The van der Waals surface area contributed by atoms with Crippen LogP contribution in [0.15, 0.2) is 81.5 Å². The Morgan fingerprint density at radius 3 is 2.64 bits per heavy atom. The normalized spacial score (nSPS) is 15.0. The Kier molecular flexibility index (Phi) is 11.4. The van der Waals surface area contributed by atoms with Gasteiger partial charge in [-0.3, -0.25) is 5.43 Å². The summed E-state index contributed by atoms with van der Waals surface area (Å²) < 4.78 is 23.0. The van der Waals surface area contributed by atoms with E-state index in [2.05, 4.69) is 43.2 Å². The SMILES string of the molecule is CCOc1cc([C@@H]2NC(=O)NC(C)=C2C(=O)OC)ccc1OC[C@@H](O)N/N=C\c1ccc(OCc2ccccc2C#N)c(Br)c1. The van der Waals surface area contributed by atoms with Crippen LogP contribution < -0.4 is 30.3 Å². The molecule has 0 aromatic heterocycles. The van der Waals surface area contributed by atoms with E-state index in [1.807, 2.05) is 25.1 Å². The fraction of sp³-hybridized carbons (Fsp3) is 0.250. The van der Waals surface area contributed by atoms with E-state index in [4.69, 9.17) is 18.9 Å². The number of carbonyl (C=O) groups is 2. The van der Waals surface area contributed by atoms with E-state index in [1.165, 1.54) is 13.3 Å². The third-order valence-electron chi connectivity index (χ3n) is 6.59.